The molecule has 0 saturated carbocycles. The van der Waals surface area contributed by atoms with Gasteiger partial charge in [-0.3, -0.25) is 9.78 Å². The summed E-state index contributed by atoms with van der Waals surface area (Å²) in [6, 6.07) is -0.677. The van der Waals surface area contributed by atoms with Crippen LogP contribution in [0, 0.1) is 0 Å². The van der Waals surface area contributed by atoms with Crippen LogP contribution in [0.3, 0.4) is 0 Å². The number of fused-ring (bicyclic) bond motifs is 1. The van der Waals surface area contributed by atoms with Crippen molar-refractivity contribution in [1.82, 2.24) is 20.3 Å². The average Bonchev–Trinajstić information content (AvgIpc) is 2.82. The molecule has 0 saturated heterocycles. The molecule has 2 aromatic rings. The molecule has 2 heterocycles. The maximum Gasteiger partial charge on any atom is 0.276 e. The molecular weight excluding hydrogens is 266 g/mol. The van der Waals surface area contributed by atoms with Crippen LogP contribution in [-0.4, -0.2) is 55.6 Å². The van der Waals surface area contributed by atoms with Crippen LogP contribution in [0.4, 0.5) is 5.95 Å². The minimum Gasteiger partial charge on any atom is -0.395 e. The summed E-state index contributed by atoms with van der Waals surface area (Å²) in [6.07, 6.45) is 0.519. The Balaban J connectivity index is 2.20. The number of nitrogen functional groups attached to an aromatic ring is 1. The van der Waals surface area contributed by atoms with Crippen molar-refractivity contribution >= 4 is 17.0 Å². The van der Waals surface area contributed by atoms with Crippen molar-refractivity contribution in [2.75, 3.05) is 18.9 Å². The third-order valence-corrected chi connectivity index (χ3v) is 3.04. The van der Waals surface area contributed by atoms with E-state index in [1.807, 2.05) is 0 Å². The number of aliphatic hydroxyl groups is 3. The van der Waals surface area contributed by atoms with Gasteiger partial charge in [-0.2, -0.15) is 0 Å². The van der Waals surface area contributed by atoms with Crippen molar-refractivity contribution in [3.05, 3.63) is 22.1 Å². The van der Waals surface area contributed by atoms with E-state index in [0.717, 1.165) is 0 Å². The van der Waals surface area contributed by atoms with Gasteiger partial charge in [0.25, 0.3) is 5.56 Å². The Labute approximate surface area is 113 Å². The Kier molecular flexibility index (Phi) is 4.35. The fourth-order valence-electron chi connectivity index (χ4n) is 1.91. The third-order valence-electron chi connectivity index (χ3n) is 3.04. The van der Waals surface area contributed by atoms with Crippen molar-refractivity contribution in [1.29, 1.82) is 0 Å². The lowest BCUT2D eigenvalue weighted by atomic mass is 10.1. The molecule has 2 aromatic heterocycles. The van der Waals surface area contributed by atoms with Gasteiger partial charge in [0, 0.05) is 18.3 Å². The molecule has 0 aromatic carbocycles. The van der Waals surface area contributed by atoms with E-state index in [0.29, 0.717) is 16.6 Å². The maximum absolute atomic E-state index is 11.6. The van der Waals surface area contributed by atoms with E-state index in [2.05, 4.69) is 20.3 Å². The second kappa shape index (κ2) is 6.01. The van der Waals surface area contributed by atoms with Gasteiger partial charge in [0.2, 0.25) is 5.95 Å². The number of anilines is 1. The van der Waals surface area contributed by atoms with Gasteiger partial charge >= 0.3 is 0 Å². The van der Waals surface area contributed by atoms with Crippen molar-refractivity contribution in [3.63, 3.8) is 0 Å². The van der Waals surface area contributed by atoms with Crippen LogP contribution in [-0.2, 0) is 6.54 Å². The number of nitrogens with one attached hydrogen (secondary N) is 3. The van der Waals surface area contributed by atoms with Crippen molar-refractivity contribution < 1.29 is 15.3 Å². The van der Waals surface area contributed by atoms with E-state index in [1.165, 1.54) is 0 Å². The van der Waals surface area contributed by atoms with E-state index >= 15 is 0 Å². The SMILES string of the molecule is Nc1nc2c(CN[C@H](CO)[C@H](O)CO)c[nH]c2c(=O)[nH]1. The molecule has 9 nitrogen and oxygen atoms in total. The standard InChI is InChI=1S/C11H17N5O4/c12-11-15-8-5(2-14-9(8)10(20)16-11)1-13-6(3-17)7(19)4-18/h2,6-7,13-14,17-19H,1,3-4H2,(H3,12,15,16,20)/t6-,7-/m1/s1. The van der Waals surface area contributed by atoms with Crippen molar-refractivity contribution in [2.45, 2.75) is 18.7 Å². The molecule has 0 bridgehead atoms. The predicted octanol–water partition coefficient (Wildman–Crippen LogP) is -2.36. The zero-order valence-corrected chi connectivity index (χ0v) is 10.6. The van der Waals surface area contributed by atoms with Crippen LogP contribution in [0.5, 0.6) is 0 Å². The number of nitrogens with two attached hydrogens (primary N) is 1. The second-order valence-electron chi connectivity index (χ2n) is 4.41. The highest BCUT2D eigenvalue weighted by Crippen LogP contribution is 2.13. The molecule has 9 heteroatoms. The van der Waals surface area contributed by atoms with Gasteiger partial charge in [-0.15, -0.1) is 0 Å². The number of H-pyrrole nitrogens is 2. The fourth-order valence-corrected chi connectivity index (χ4v) is 1.91. The Morgan fingerprint density at radius 2 is 2.15 bits per heavy atom. The highest BCUT2D eigenvalue weighted by Gasteiger charge is 2.18. The number of aliphatic hydroxyl groups excluding tert-OH is 3. The molecule has 0 fully saturated rings. The van der Waals surface area contributed by atoms with Gasteiger partial charge in [0.05, 0.1) is 25.4 Å². The molecule has 0 spiro atoms. The number of hydrogen-bond acceptors (Lipinski definition) is 7. The monoisotopic (exact) mass is 283 g/mol. The Bertz CT molecular complexity index is 637. The van der Waals surface area contributed by atoms with Gasteiger partial charge in [-0.1, -0.05) is 0 Å². The summed E-state index contributed by atoms with van der Waals surface area (Å²) in [6.45, 7) is -0.546. The first kappa shape index (κ1) is 14.5. The van der Waals surface area contributed by atoms with Crippen LogP contribution in [0.2, 0.25) is 0 Å². The molecule has 2 atom stereocenters. The number of nitrogens with zero attached hydrogens (tertiary/aromatic N) is 1. The van der Waals surface area contributed by atoms with E-state index in [-0.39, 0.29) is 24.7 Å². The predicted molar refractivity (Wildman–Crippen MR) is 71.9 cm³/mol. The molecule has 0 aliphatic heterocycles. The molecular formula is C11H17N5O4. The van der Waals surface area contributed by atoms with Crippen molar-refractivity contribution in [3.8, 4) is 0 Å². The van der Waals surface area contributed by atoms with Gasteiger partial charge in [-0.05, 0) is 0 Å². The molecule has 0 unspecified atom stereocenters. The van der Waals surface area contributed by atoms with Crippen LogP contribution in [0.25, 0.3) is 11.0 Å². The lowest BCUT2D eigenvalue weighted by Gasteiger charge is -2.20. The number of aromatic amines is 2. The van der Waals surface area contributed by atoms with Gasteiger partial charge < -0.3 is 31.4 Å². The highest BCUT2D eigenvalue weighted by atomic mass is 16.3. The first-order valence-electron chi connectivity index (χ1n) is 6.05. The largest absolute Gasteiger partial charge is 0.395 e. The summed E-state index contributed by atoms with van der Waals surface area (Å²) in [4.78, 5) is 20.8. The maximum atomic E-state index is 11.6. The summed E-state index contributed by atoms with van der Waals surface area (Å²) >= 11 is 0. The minimum atomic E-state index is -1.08. The normalized spacial score (nSPS) is 14.6. The molecule has 0 amide bonds. The van der Waals surface area contributed by atoms with E-state index in [4.69, 9.17) is 15.9 Å². The van der Waals surface area contributed by atoms with E-state index < -0.39 is 18.8 Å². The average molecular weight is 283 g/mol. The molecule has 2 rings (SSSR count). The Morgan fingerprint density at radius 3 is 2.80 bits per heavy atom. The lowest BCUT2D eigenvalue weighted by Crippen LogP contribution is -2.44. The zero-order chi connectivity index (χ0) is 14.7. The van der Waals surface area contributed by atoms with Crippen LogP contribution in [0.15, 0.2) is 11.0 Å². The van der Waals surface area contributed by atoms with Crippen LogP contribution in [0.1, 0.15) is 5.56 Å². The number of hydrogen-bond donors (Lipinski definition) is 7. The zero-order valence-electron chi connectivity index (χ0n) is 10.6. The third kappa shape index (κ3) is 2.80. The summed E-state index contributed by atoms with van der Waals surface area (Å²) < 4.78 is 0. The topological polar surface area (TPSA) is 160 Å². The van der Waals surface area contributed by atoms with E-state index in [9.17, 15) is 9.90 Å². The summed E-state index contributed by atoms with van der Waals surface area (Å²) in [7, 11) is 0. The summed E-state index contributed by atoms with van der Waals surface area (Å²) in [5, 5.41) is 30.3. The van der Waals surface area contributed by atoms with Crippen LogP contribution < -0.4 is 16.6 Å². The smallest absolute Gasteiger partial charge is 0.276 e. The minimum absolute atomic E-state index is 0.0115. The van der Waals surface area contributed by atoms with Gasteiger partial charge in [-0.25, -0.2) is 4.98 Å². The first-order valence-corrected chi connectivity index (χ1v) is 6.05. The lowest BCUT2D eigenvalue weighted by molar-refractivity contribution is 0.0411. The quantitative estimate of drug-likeness (QED) is 0.312. The Hall–Kier alpha value is -1.94. The molecule has 0 radical (unpaired) electrons. The molecule has 0 aliphatic carbocycles. The highest BCUT2D eigenvalue weighted by molar-refractivity contribution is 5.78. The number of aromatic nitrogens is 3. The van der Waals surface area contributed by atoms with E-state index in [1.54, 1.807) is 6.20 Å². The molecule has 110 valence electrons. The summed E-state index contributed by atoms with van der Waals surface area (Å²) in [5.41, 5.74) is 6.52. The first-order chi connectivity index (χ1) is 9.56. The molecule has 20 heavy (non-hydrogen) atoms. The fraction of sp³-hybridized carbons (Fsp3) is 0.455. The molecule has 8 N–H and O–H groups in total. The number of rotatable bonds is 6. The van der Waals surface area contributed by atoms with Crippen LogP contribution >= 0.6 is 0 Å². The second-order valence-corrected chi connectivity index (χ2v) is 4.41. The van der Waals surface area contributed by atoms with Crippen molar-refractivity contribution in [2.24, 2.45) is 0 Å². The Morgan fingerprint density at radius 1 is 1.40 bits per heavy atom. The van der Waals surface area contributed by atoms with Gasteiger partial charge in [0.15, 0.2) is 0 Å². The molecule has 0 aliphatic rings. The van der Waals surface area contributed by atoms with Gasteiger partial charge in [0.1, 0.15) is 11.0 Å². The summed E-state index contributed by atoms with van der Waals surface area (Å²) in [5.74, 6) is 0.0115.